The molecule has 0 amide bonds. The quantitative estimate of drug-likeness (QED) is 0.932. The van der Waals surface area contributed by atoms with Crippen LogP contribution < -0.4 is 10.6 Å². The maximum Gasteiger partial charge on any atom is 0.152 e. The molecule has 1 fully saturated rings. The number of nitrogens with two attached hydrogens (primary N) is 1. The van der Waals surface area contributed by atoms with Gasteiger partial charge in [-0.15, -0.1) is 0 Å². The fourth-order valence-electron chi connectivity index (χ4n) is 2.85. The van der Waals surface area contributed by atoms with E-state index in [-0.39, 0.29) is 24.6 Å². The molecule has 2 N–H and O–H groups in total. The van der Waals surface area contributed by atoms with E-state index >= 15 is 0 Å². The lowest BCUT2D eigenvalue weighted by Gasteiger charge is -2.30. The number of halogens is 2. The van der Waals surface area contributed by atoms with Crippen LogP contribution in [0.25, 0.3) is 0 Å². The average Bonchev–Trinajstić information content (AvgIpc) is 3.30. The number of benzene rings is 1. The van der Waals surface area contributed by atoms with Crippen molar-refractivity contribution in [3.05, 3.63) is 29.6 Å². The Morgan fingerprint density at radius 3 is 2.82 bits per heavy atom. The molecule has 0 bridgehead atoms. The molecule has 0 saturated heterocycles. The number of hydrogen-bond acceptors (Lipinski definition) is 4. The van der Waals surface area contributed by atoms with Crippen LogP contribution in [0.5, 0.6) is 0 Å². The zero-order valence-electron chi connectivity index (χ0n) is 12.9. The van der Waals surface area contributed by atoms with E-state index in [2.05, 4.69) is 9.89 Å². The number of anilines is 1. The van der Waals surface area contributed by atoms with Gasteiger partial charge in [0.2, 0.25) is 0 Å². The summed E-state index contributed by atoms with van der Waals surface area (Å²) in [6.45, 7) is 1.49. The van der Waals surface area contributed by atoms with Crippen molar-refractivity contribution in [3.8, 4) is 0 Å². The molecule has 0 unspecified atom stereocenters. The monoisotopic (exact) mass is 309 g/mol. The second-order valence-electron chi connectivity index (χ2n) is 6.24. The van der Waals surface area contributed by atoms with Crippen LogP contribution in [0.1, 0.15) is 25.3 Å². The van der Waals surface area contributed by atoms with Crippen molar-refractivity contribution < 1.29 is 13.5 Å². The Morgan fingerprint density at radius 2 is 2.14 bits per heavy atom. The maximum atomic E-state index is 14.6. The highest BCUT2D eigenvalue weighted by atomic mass is 19.1. The summed E-state index contributed by atoms with van der Waals surface area (Å²) in [5, 5.41) is 0. The second-order valence-corrected chi connectivity index (χ2v) is 6.24. The topological polar surface area (TPSA) is 50.8 Å². The zero-order valence-corrected chi connectivity index (χ0v) is 12.9. The summed E-state index contributed by atoms with van der Waals surface area (Å²) in [6, 6.07) is 5.26. The van der Waals surface area contributed by atoms with Crippen molar-refractivity contribution in [3.63, 3.8) is 0 Å². The fourth-order valence-corrected chi connectivity index (χ4v) is 2.85. The molecule has 0 radical (unpaired) electrons. The van der Waals surface area contributed by atoms with E-state index in [9.17, 15) is 8.78 Å². The summed E-state index contributed by atoms with van der Waals surface area (Å²) in [5.41, 5.74) is 5.46. The van der Waals surface area contributed by atoms with Gasteiger partial charge in [-0.2, -0.15) is 0 Å². The smallest absolute Gasteiger partial charge is 0.152 e. The van der Waals surface area contributed by atoms with E-state index in [0.29, 0.717) is 6.04 Å². The van der Waals surface area contributed by atoms with E-state index in [1.54, 1.807) is 19.1 Å². The van der Waals surface area contributed by atoms with Crippen LogP contribution in [-0.4, -0.2) is 38.3 Å². The van der Waals surface area contributed by atoms with Gasteiger partial charge in [0.25, 0.3) is 0 Å². The molecule has 4 nitrogen and oxygen atoms in total. The molecule has 2 aliphatic rings. The van der Waals surface area contributed by atoms with Gasteiger partial charge in [-0.3, -0.25) is 4.99 Å². The first-order valence-electron chi connectivity index (χ1n) is 7.50. The van der Waals surface area contributed by atoms with Crippen LogP contribution in [0.3, 0.4) is 0 Å². The average molecular weight is 309 g/mol. The van der Waals surface area contributed by atoms with Gasteiger partial charge in [-0.05, 0) is 38.0 Å². The first-order chi connectivity index (χ1) is 10.4. The number of aliphatic imine (C=N–C) groups is 1. The van der Waals surface area contributed by atoms with Crippen molar-refractivity contribution in [1.82, 2.24) is 0 Å². The molecule has 6 heteroatoms. The van der Waals surface area contributed by atoms with Crippen LogP contribution in [0.15, 0.2) is 23.2 Å². The summed E-state index contributed by atoms with van der Waals surface area (Å²) in [7, 11) is 1.97. The first kappa shape index (κ1) is 15.2. The van der Waals surface area contributed by atoms with Gasteiger partial charge in [0.05, 0.1) is 6.61 Å². The molecular weight excluding hydrogens is 288 g/mol. The molecule has 3 rings (SSSR count). The van der Waals surface area contributed by atoms with Crippen molar-refractivity contribution in [2.75, 3.05) is 25.2 Å². The SMILES string of the molecule is CN(c1ccc(F)c([C@@]2(C)N=C(N)COC[C@@H]2F)c1)C1CC1. The highest BCUT2D eigenvalue weighted by molar-refractivity contribution is 5.82. The number of nitrogens with zero attached hydrogens (tertiary/aromatic N) is 2. The molecule has 0 aromatic heterocycles. The zero-order chi connectivity index (χ0) is 15.9. The predicted molar refractivity (Wildman–Crippen MR) is 82.5 cm³/mol. The summed E-state index contributed by atoms with van der Waals surface area (Å²) >= 11 is 0. The van der Waals surface area contributed by atoms with Gasteiger partial charge in [0.1, 0.15) is 23.8 Å². The lowest BCUT2D eigenvalue weighted by atomic mass is 9.87. The van der Waals surface area contributed by atoms with Gasteiger partial charge in [-0.1, -0.05) is 0 Å². The Bertz CT molecular complexity index is 603. The molecule has 1 aromatic carbocycles. The van der Waals surface area contributed by atoms with Crippen LogP contribution in [0, 0.1) is 5.82 Å². The van der Waals surface area contributed by atoms with Crippen molar-refractivity contribution in [2.24, 2.45) is 10.7 Å². The molecule has 1 saturated carbocycles. The standard InChI is InChI=1S/C16H21F2N3O/c1-16(14(18)8-22-9-15(19)20-16)12-7-11(5-6-13(12)17)21(2)10-3-4-10/h5-7,10,14H,3-4,8-9H2,1-2H3,(H2,19,20)/t14-,16+/m0/s1. The minimum Gasteiger partial charge on any atom is -0.386 e. The molecule has 0 spiro atoms. The number of ether oxygens (including phenoxy) is 1. The Kier molecular flexibility index (Phi) is 3.80. The Hall–Kier alpha value is -1.69. The fraction of sp³-hybridized carbons (Fsp3) is 0.562. The Labute approximate surface area is 129 Å². The highest BCUT2D eigenvalue weighted by Crippen LogP contribution is 2.38. The van der Waals surface area contributed by atoms with E-state index in [1.165, 1.54) is 6.07 Å². The minimum absolute atomic E-state index is 0.0687. The molecule has 22 heavy (non-hydrogen) atoms. The summed E-state index contributed by atoms with van der Waals surface area (Å²) < 4.78 is 34.1. The third-order valence-electron chi connectivity index (χ3n) is 4.50. The van der Waals surface area contributed by atoms with Gasteiger partial charge in [0, 0.05) is 24.3 Å². The van der Waals surface area contributed by atoms with Crippen LogP contribution in [-0.2, 0) is 10.3 Å². The summed E-state index contributed by atoms with van der Waals surface area (Å²) in [5.74, 6) is -0.292. The number of amidine groups is 1. The van der Waals surface area contributed by atoms with Gasteiger partial charge < -0.3 is 15.4 Å². The van der Waals surface area contributed by atoms with Crippen molar-refractivity contribution in [2.45, 2.75) is 37.5 Å². The van der Waals surface area contributed by atoms with E-state index < -0.39 is 17.5 Å². The predicted octanol–water partition coefficient (Wildman–Crippen LogP) is 2.37. The number of alkyl halides is 1. The van der Waals surface area contributed by atoms with Gasteiger partial charge >= 0.3 is 0 Å². The molecule has 1 aliphatic heterocycles. The molecule has 120 valence electrons. The van der Waals surface area contributed by atoms with E-state index in [4.69, 9.17) is 10.5 Å². The molecule has 1 heterocycles. The van der Waals surface area contributed by atoms with Crippen LogP contribution in [0.2, 0.25) is 0 Å². The van der Waals surface area contributed by atoms with Crippen LogP contribution >= 0.6 is 0 Å². The maximum absolute atomic E-state index is 14.6. The minimum atomic E-state index is -1.45. The number of rotatable bonds is 3. The van der Waals surface area contributed by atoms with E-state index in [1.807, 2.05) is 7.05 Å². The molecule has 1 aromatic rings. The molecule has 2 atom stereocenters. The largest absolute Gasteiger partial charge is 0.386 e. The van der Waals surface area contributed by atoms with Crippen molar-refractivity contribution in [1.29, 1.82) is 0 Å². The van der Waals surface area contributed by atoms with Crippen molar-refractivity contribution >= 4 is 11.5 Å². The Balaban J connectivity index is 2.04. The van der Waals surface area contributed by atoms with Crippen LogP contribution in [0.4, 0.5) is 14.5 Å². The third-order valence-corrected chi connectivity index (χ3v) is 4.50. The lowest BCUT2D eigenvalue weighted by molar-refractivity contribution is 0.0754. The Morgan fingerprint density at radius 1 is 1.41 bits per heavy atom. The summed E-state index contributed by atoms with van der Waals surface area (Å²) in [4.78, 5) is 6.31. The summed E-state index contributed by atoms with van der Waals surface area (Å²) in [6.07, 6.45) is 0.806. The first-order valence-corrected chi connectivity index (χ1v) is 7.50. The second kappa shape index (κ2) is 5.50. The third kappa shape index (κ3) is 2.67. The molecular formula is C16H21F2N3O. The van der Waals surface area contributed by atoms with E-state index in [0.717, 1.165) is 18.5 Å². The normalized spacial score (nSPS) is 28.9. The molecule has 1 aliphatic carbocycles. The lowest BCUT2D eigenvalue weighted by Crippen LogP contribution is -2.36. The highest BCUT2D eigenvalue weighted by Gasteiger charge is 2.41. The van der Waals surface area contributed by atoms with Gasteiger partial charge in [0.15, 0.2) is 6.17 Å². The van der Waals surface area contributed by atoms with Gasteiger partial charge in [-0.25, -0.2) is 8.78 Å². The number of hydrogen-bond donors (Lipinski definition) is 1.